The maximum absolute atomic E-state index is 13.0. The first-order chi connectivity index (χ1) is 13.5. The van der Waals surface area contributed by atoms with Crippen LogP contribution < -0.4 is 10.1 Å². The monoisotopic (exact) mass is 381 g/mol. The van der Waals surface area contributed by atoms with E-state index in [1.807, 2.05) is 0 Å². The quantitative estimate of drug-likeness (QED) is 0.616. The number of furan rings is 1. The first-order valence-electron chi connectivity index (χ1n) is 8.22. The van der Waals surface area contributed by atoms with Crippen LogP contribution in [0.2, 0.25) is 0 Å². The van der Waals surface area contributed by atoms with E-state index in [1.54, 1.807) is 24.3 Å². The van der Waals surface area contributed by atoms with Gasteiger partial charge in [-0.1, -0.05) is 0 Å². The Kier molecular flexibility index (Phi) is 5.55. The first kappa shape index (κ1) is 18.9. The highest BCUT2D eigenvalue weighted by Gasteiger charge is 2.11. The second kappa shape index (κ2) is 8.22. The van der Waals surface area contributed by atoms with Crippen molar-refractivity contribution in [2.45, 2.75) is 0 Å². The second-order valence-electron chi connectivity index (χ2n) is 5.75. The maximum atomic E-state index is 13.0. The number of ether oxygens (including phenoxy) is 1. The van der Waals surface area contributed by atoms with E-state index in [0.29, 0.717) is 22.8 Å². The lowest BCUT2D eigenvalue weighted by molar-refractivity contribution is -0.111. The molecule has 0 aliphatic carbocycles. The lowest BCUT2D eigenvalue weighted by Crippen LogP contribution is -2.10. The van der Waals surface area contributed by atoms with Gasteiger partial charge in [0.25, 0.3) is 0 Å². The number of carbonyl (C=O) groups excluding carboxylic acids is 1. The van der Waals surface area contributed by atoms with E-state index in [9.17, 15) is 14.0 Å². The topological polar surface area (TPSA) is 88.8 Å². The lowest BCUT2D eigenvalue weighted by atomic mass is 10.2. The largest absolute Gasteiger partial charge is 0.495 e. The van der Waals surface area contributed by atoms with Crippen LogP contribution >= 0.6 is 0 Å². The van der Waals surface area contributed by atoms with Crippen molar-refractivity contribution in [3.63, 3.8) is 0 Å². The minimum absolute atomic E-state index is 0.0232. The number of halogens is 1. The highest BCUT2D eigenvalue weighted by atomic mass is 19.1. The van der Waals surface area contributed by atoms with E-state index >= 15 is 0 Å². The molecule has 0 atom stereocenters. The van der Waals surface area contributed by atoms with Gasteiger partial charge in [-0.05, 0) is 60.7 Å². The normalized spacial score (nSPS) is 10.8. The van der Waals surface area contributed by atoms with Crippen LogP contribution in [0.1, 0.15) is 16.1 Å². The number of anilines is 1. The molecule has 0 radical (unpaired) electrons. The molecule has 28 heavy (non-hydrogen) atoms. The van der Waals surface area contributed by atoms with Crippen LogP contribution in [0.15, 0.2) is 65.1 Å². The SMILES string of the molecule is COc1ccc(C(=O)O)cc1NC(=O)/C=C/c1ccc(-c2ccc(F)cc2)o1. The Morgan fingerprint density at radius 3 is 2.54 bits per heavy atom. The summed E-state index contributed by atoms with van der Waals surface area (Å²) in [6.45, 7) is 0. The molecular formula is C21H16FNO5. The maximum Gasteiger partial charge on any atom is 0.335 e. The van der Waals surface area contributed by atoms with Crippen LogP contribution in [0.5, 0.6) is 5.75 Å². The zero-order chi connectivity index (χ0) is 20.1. The standard InChI is InChI=1S/C21H16FNO5/c1-27-19-9-4-14(21(25)26)12-17(19)23-20(24)11-8-16-7-10-18(28-16)13-2-5-15(22)6-3-13/h2-12H,1H3,(H,23,24)(H,25,26)/b11-8+. The van der Waals surface area contributed by atoms with Crippen molar-refractivity contribution in [2.24, 2.45) is 0 Å². The zero-order valence-corrected chi connectivity index (χ0v) is 14.8. The number of amides is 1. The fraction of sp³-hybridized carbons (Fsp3) is 0.0476. The van der Waals surface area contributed by atoms with Gasteiger partial charge < -0.3 is 19.6 Å². The number of hydrogen-bond acceptors (Lipinski definition) is 4. The number of carboxylic acid groups (broad SMARTS) is 1. The summed E-state index contributed by atoms with van der Waals surface area (Å²) in [4.78, 5) is 23.3. The van der Waals surface area contributed by atoms with Crippen molar-refractivity contribution in [2.75, 3.05) is 12.4 Å². The van der Waals surface area contributed by atoms with E-state index < -0.39 is 11.9 Å². The van der Waals surface area contributed by atoms with Crippen LogP contribution in [0.25, 0.3) is 17.4 Å². The third-order valence-corrected chi connectivity index (χ3v) is 3.86. The second-order valence-corrected chi connectivity index (χ2v) is 5.75. The van der Waals surface area contributed by atoms with Gasteiger partial charge in [0.1, 0.15) is 23.1 Å². The molecule has 1 aromatic heterocycles. The number of carboxylic acids is 1. The summed E-state index contributed by atoms with van der Waals surface area (Å²) in [7, 11) is 1.42. The molecular weight excluding hydrogens is 365 g/mol. The molecule has 1 amide bonds. The van der Waals surface area contributed by atoms with Gasteiger partial charge >= 0.3 is 5.97 Å². The van der Waals surface area contributed by atoms with Crippen LogP contribution in [-0.2, 0) is 4.79 Å². The molecule has 0 bridgehead atoms. The van der Waals surface area contributed by atoms with Crippen molar-refractivity contribution in [1.29, 1.82) is 0 Å². The Morgan fingerprint density at radius 1 is 1.11 bits per heavy atom. The molecule has 0 spiro atoms. The molecule has 0 unspecified atom stereocenters. The molecule has 3 aromatic rings. The minimum atomic E-state index is -1.11. The fourth-order valence-electron chi connectivity index (χ4n) is 2.48. The van der Waals surface area contributed by atoms with Crippen LogP contribution in [-0.4, -0.2) is 24.1 Å². The summed E-state index contributed by atoms with van der Waals surface area (Å²) in [6, 6.07) is 13.4. The highest BCUT2D eigenvalue weighted by Crippen LogP contribution is 2.26. The van der Waals surface area contributed by atoms with E-state index in [4.69, 9.17) is 14.3 Å². The van der Waals surface area contributed by atoms with Crippen molar-refractivity contribution in [1.82, 2.24) is 0 Å². The van der Waals surface area contributed by atoms with Crippen LogP contribution in [0.3, 0.4) is 0 Å². The van der Waals surface area contributed by atoms with Gasteiger partial charge in [-0.25, -0.2) is 9.18 Å². The van der Waals surface area contributed by atoms with Crippen molar-refractivity contribution in [3.05, 3.63) is 77.8 Å². The van der Waals surface area contributed by atoms with E-state index in [1.165, 1.54) is 49.6 Å². The van der Waals surface area contributed by atoms with Crippen molar-refractivity contribution in [3.8, 4) is 17.1 Å². The number of nitrogens with one attached hydrogen (secondary N) is 1. The van der Waals surface area contributed by atoms with Gasteiger partial charge in [-0.3, -0.25) is 4.79 Å². The minimum Gasteiger partial charge on any atom is -0.495 e. The number of methoxy groups -OCH3 is 1. The lowest BCUT2D eigenvalue weighted by Gasteiger charge is -2.09. The Hall–Kier alpha value is -3.87. The molecule has 2 N–H and O–H groups in total. The van der Waals surface area contributed by atoms with Gasteiger partial charge in [0.05, 0.1) is 18.4 Å². The molecule has 7 heteroatoms. The molecule has 6 nitrogen and oxygen atoms in total. The van der Waals surface area contributed by atoms with Crippen molar-refractivity contribution < 1.29 is 28.2 Å². The predicted molar refractivity (Wildman–Crippen MR) is 102 cm³/mol. The van der Waals surface area contributed by atoms with Crippen LogP contribution in [0, 0.1) is 5.82 Å². The molecule has 0 aliphatic heterocycles. The third kappa shape index (κ3) is 4.45. The van der Waals surface area contributed by atoms with Crippen molar-refractivity contribution >= 4 is 23.6 Å². The highest BCUT2D eigenvalue weighted by molar-refractivity contribution is 6.03. The Morgan fingerprint density at radius 2 is 1.86 bits per heavy atom. The summed E-state index contributed by atoms with van der Waals surface area (Å²) in [5, 5.41) is 11.6. The Balaban J connectivity index is 1.72. The molecule has 0 fully saturated rings. The van der Waals surface area contributed by atoms with Gasteiger partial charge in [0, 0.05) is 11.6 Å². The summed E-state index contributed by atoms with van der Waals surface area (Å²) in [5.41, 5.74) is 0.972. The Labute approximate surface area is 159 Å². The average molecular weight is 381 g/mol. The third-order valence-electron chi connectivity index (χ3n) is 3.86. The van der Waals surface area contributed by atoms with E-state index in [0.717, 1.165) is 0 Å². The molecule has 0 aliphatic rings. The summed E-state index contributed by atoms with van der Waals surface area (Å²) in [6.07, 6.45) is 2.72. The van der Waals surface area contributed by atoms with E-state index in [2.05, 4.69) is 5.32 Å². The predicted octanol–water partition coefficient (Wildman–Crippen LogP) is 4.44. The average Bonchev–Trinajstić information content (AvgIpc) is 3.16. The van der Waals surface area contributed by atoms with Gasteiger partial charge in [-0.15, -0.1) is 0 Å². The van der Waals surface area contributed by atoms with Gasteiger partial charge in [0.15, 0.2) is 0 Å². The molecule has 2 aromatic carbocycles. The summed E-state index contributed by atoms with van der Waals surface area (Å²) in [5.74, 6) is -0.632. The summed E-state index contributed by atoms with van der Waals surface area (Å²) >= 11 is 0. The fourth-order valence-corrected chi connectivity index (χ4v) is 2.48. The molecule has 142 valence electrons. The first-order valence-corrected chi connectivity index (χ1v) is 8.22. The Bertz CT molecular complexity index is 1040. The summed E-state index contributed by atoms with van der Waals surface area (Å²) < 4.78 is 23.7. The van der Waals surface area contributed by atoms with E-state index in [-0.39, 0.29) is 17.1 Å². The number of hydrogen-bond donors (Lipinski definition) is 2. The van der Waals surface area contributed by atoms with Crippen LogP contribution in [0.4, 0.5) is 10.1 Å². The van der Waals surface area contributed by atoms with Gasteiger partial charge in [0.2, 0.25) is 5.91 Å². The zero-order valence-electron chi connectivity index (χ0n) is 14.8. The smallest absolute Gasteiger partial charge is 0.335 e. The molecule has 3 rings (SSSR count). The molecule has 1 heterocycles. The number of aromatic carboxylic acids is 1. The number of carbonyl (C=O) groups is 2. The number of benzene rings is 2. The molecule has 0 saturated heterocycles. The van der Waals surface area contributed by atoms with Gasteiger partial charge in [-0.2, -0.15) is 0 Å². The number of rotatable bonds is 6. The molecule has 0 saturated carbocycles.